The molecule has 2 amide bonds. The number of ether oxygens (including phenoxy) is 1. The highest BCUT2D eigenvalue weighted by Crippen LogP contribution is 2.34. The second-order valence-electron chi connectivity index (χ2n) is 6.97. The van der Waals surface area contributed by atoms with Gasteiger partial charge in [0, 0.05) is 15.1 Å². The standard InChI is InChI=1S/C24H14Cl3NO4S/c25-17-6-3-15(4-7-17)23(30)32-19-9-1-14(2-10-19)11-21-22(29)28(24(31)33-21)13-16-5-8-18(26)12-20(16)27/h1-12H,13H2/b21-11-. The van der Waals surface area contributed by atoms with Crippen molar-refractivity contribution in [2.24, 2.45) is 0 Å². The van der Waals surface area contributed by atoms with Crippen LogP contribution in [0.1, 0.15) is 21.5 Å². The van der Waals surface area contributed by atoms with Crippen LogP contribution in [0.3, 0.4) is 0 Å². The van der Waals surface area contributed by atoms with Crippen LogP contribution in [0.4, 0.5) is 4.79 Å². The minimum absolute atomic E-state index is 0.0532. The van der Waals surface area contributed by atoms with Crippen molar-refractivity contribution in [1.29, 1.82) is 0 Å². The van der Waals surface area contributed by atoms with E-state index in [9.17, 15) is 14.4 Å². The van der Waals surface area contributed by atoms with E-state index in [2.05, 4.69) is 0 Å². The number of thioether (sulfide) groups is 1. The number of carbonyl (C=O) groups excluding carboxylic acids is 3. The molecule has 1 heterocycles. The molecule has 0 radical (unpaired) electrons. The van der Waals surface area contributed by atoms with Crippen LogP contribution in [0.5, 0.6) is 5.75 Å². The van der Waals surface area contributed by atoms with Crippen molar-refractivity contribution in [2.75, 3.05) is 0 Å². The molecule has 3 aromatic carbocycles. The summed E-state index contributed by atoms with van der Waals surface area (Å²) in [6, 6.07) is 17.9. The van der Waals surface area contributed by atoms with Crippen molar-refractivity contribution in [1.82, 2.24) is 4.90 Å². The topological polar surface area (TPSA) is 63.7 Å². The van der Waals surface area contributed by atoms with Crippen molar-refractivity contribution in [3.8, 4) is 5.75 Å². The van der Waals surface area contributed by atoms with Gasteiger partial charge < -0.3 is 4.74 Å². The third kappa shape index (κ3) is 5.60. The minimum Gasteiger partial charge on any atom is -0.423 e. The summed E-state index contributed by atoms with van der Waals surface area (Å²) < 4.78 is 5.35. The maximum absolute atomic E-state index is 12.8. The van der Waals surface area contributed by atoms with Crippen molar-refractivity contribution >= 4 is 69.8 Å². The van der Waals surface area contributed by atoms with Gasteiger partial charge in [-0.05, 0) is 77.5 Å². The smallest absolute Gasteiger partial charge is 0.343 e. The monoisotopic (exact) mass is 517 g/mol. The molecule has 0 N–H and O–H groups in total. The molecular weight excluding hydrogens is 505 g/mol. The Kier molecular flexibility index (Phi) is 7.10. The second-order valence-corrected chi connectivity index (χ2v) is 9.24. The molecule has 0 aromatic heterocycles. The Morgan fingerprint density at radius 1 is 0.909 bits per heavy atom. The molecule has 9 heteroatoms. The lowest BCUT2D eigenvalue weighted by molar-refractivity contribution is -0.123. The van der Waals surface area contributed by atoms with Gasteiger partial charge in [0.25, 0.3) is 11.1 Å². The van der Waals surface area contributed by atoms with E-state index in [0.29, 0.717) is 37.5 Å². The molecule has 0 spiro atoms. The van der Waals surface area contributed by atoms with Crippen molar-refractivity contribution in [3.63, 3.8) is 0 Å². The molecule has 1 aliphatic rings. The molecule has 0 atom stereocenters. The highest BCUT2D eigenvalue weighted by atomic mass is 35.5. The SMILES string of the molecule is O=C(Oc1ccc(/C=C2\SC(=O)N(Cc3ccc(Cl)cc3Cl)C2=O)cc1)c1ccc(Cl)cc1. The first-order valence-electron chi connectivity index (χ1n) is 9.57. The third-order valence-corrected chi connectivity index (χ3v) is 6.43. The van der Waals surface area contributed by atoms with Gasteiger partial charge in [0.1, 0.15) is 5.75 Å². The van der Waals surface area contributed by atoms with E-state index in [-0.39, 0.29) is 16.7 Å². The Balaban J connectivity index is 1.44. The number of hydrogen-bond acceptors (Lipinski definition) is 5. The lowest BCUT2D eigenvalue weighted by atomic mass is 10.2. The van der Waals surface area contributed by atoms with Gasteiger partial charge in [-0.1, -0.05) is 53.0 Å². The molecule has 0 bridgehead atoms. The Morgan fingerprint density at radius 3 is 2.24 bits per heavy atom. The summed E-state index contributed by atoms with van der Waals surface area (Å²) in [5.41, 5.74) is 1.67. The van der Waals surface area contributed by atoms with E-state index in [4.69, 9.17) is 39.5 Å². The van der Waals surface area contributed by atoms with Gasteiger partial charge in [-0.2, -0.15) is 0 Å². The molecule has 1 aliphatic heterocycles. The molecular formula is C24H14Cl3NO4S. The first kappa shape index (κ1) is 23.4. The summed E-state index contributed by atoms with van der Waals surface area (Å²) in [7, 11) is 0. The van der Waals surface area contributed by atoms with Crippen molar-refractivity contribution in [3.05, 3.63) is 103 Å². The van der Waals surface area contributed by atoms with Crippen LogP contribution in [-0.2, 0) is 11.3 Å². The molecule has 0 aliphatic carbocycles. The molecule has 0 saturated carbocycles. The number of carbonyl (C=O) groups is 3. The molecule has 5 nitrogen and oxygen atoms in total. The number of imide groups is 1. The number of benzene rings is 3. The molecule has 166 valence electrons. The quantitative estimate of drug-likeness (QED) is 0.205. The van der Waals surface area contributed by atoms with E-state index in [1.165, 1.54) is 0 Å². The highest BCUT2D eigenvalue weighted by Gasteiger charge is 2.35. The van der Waals surface area contributed by atoms with Crippen LogP contribution in [0.25, 0.3) is 6.08 Å². The average Bonchev–Trinajstić information content (AvgIpc) is 3.04. The zero-order valence-electron chi connectivity index (χ0n) is 16.8. The number of esters is 1. The fourth-order valence-corrected chi connectivity index (χ4v) is 4.42. The van der Waals surface area contributed by atoms with Gasteiger partial charge in [-0.15, -0.1) is 0 Å². The van der Waals surface area contributed by atoms with Gasteiger partial charge in [-0.3, -0.25) is 14.5 Å². The van der Waals surface area contributed by atoms with Crippen LogP contribution >= 0.6 is 46.6 Å². The zero-order valence-corrected chi connectivity index (χ0v) is 19.8. The summed E-state index contributed by atoms with van der Waals surface area (Å²) in [6.07, 6.45) is 1.61. The maximum Gasteiger partial charge on any atom is 0.343 e. The summed E-state index contributed by atoms with van der Waals surface area (Å²) in [4.78, 5) is 38.8. The van der Waals surface area contributed by atoms with Crippen LogP contribution < -0.4 is 4.74 Å². The van der Waals surface area contributed by atoms with E-state index >= 15 is 0 Å². The van der Waals surface area contributed by atoms with Crippen LogP contribution in [0.2, 0.25) is 15.1 Å². The molecule has 1 fully saturated rings. The minimum atomic E-state index is -0.513. The lowest BCUT2D eigenvalue weighted by Gasteiger charge is -2.13. The summed E-state index contributed by atoms with van der Waals surface area (Å²) in [5, 5.41) is 0.997. The average molecular weight is 519 g/mol. The number of amides is 2. The number of halogens is 3. The van der Waals surface area contributed by atoms with Crippen LogP contribution in [0.15, 0.2) is 71.6 Å². The van der Waals surface area contributed by atoms with Crippen molar-refractivity contribution < 1.29 is 19.1 Å². The largest absolute Gasteiger partial charge is 0.423 e. The molecule has 0 unspecified atom stereocenters. The van der Waals surface area contributed by atoms with E-state index in [0.717, 1.165) is 16.7 Å². The number of rotatable bonds is 5. The Morgan fingerprint density at radius 2 is 1.58 bits per heavy atom. The van der Waals surface area contributed by atoms with Gasteiger partial charge in [0.2, 0.25) is 0 Å². The Bertz CT molecular complexity index is 1270. The van der Waals surface area contributed by atoms with Gasteiger partial charge in [0.05, 0.1) is 17.0 Å². The summed E-state index contributed by atoms with van der Waals surface area (Å²) >= 11 is 18.8. The lowest BCUT2D eigenvalue weighted by Crippen LogP contribution is -2.27. The number of nitrogens with zero attached hydrogens (tertiary/aromatic N) is 1. The van der Waals surface area contributed by atoms with Crippen LogP contribution in [-0.4, -0.2) is 22.0 Å². The summed E-state index contributed by atoms with van der Waals surface area (Å²) in [5.74, 6) is -0.576. The number of hydrogen-bond donors (Lipinski definition) is 0. The van der Waals surface area contributed by atoms with Gasteiger partial charge in [0.15, 0.2) is 0 Å². The fourth-order valence-electron chi connectivity index (χ4n) is 2.99. The second kappa shape index (κ2) is 10.0. The van der Waals surface area contributed by atoms with E-state index < -0.39 is 11.9 Å². The normalized spacial score (nSPS) is 14.8. The van der Waals surface area contributed by atoms with E-state index in [1.54, 1.807) is 72.8 Å². The molecule has 4 rings (SSSR count). The van der Waals surface area contributed by atoms with E-state index in [1.807, 2.05) is 0 Å². The van der Waals surface area contributed by atoms with Crippen molar-refractivity contribution in [2.45, 2.75) is 6.54 Å². The van der Waals surface area contributed by atoms with Gasteiger partial charge in [-0.25, -0.2) is 4.79 Å². The maximum atomic E-state index is 12.8. The Hall–Kier alpha value is -2.77. The first-order chi connectivity index (χ1) is 15.8. The fraction of sp³-hybridized carbons (Fsp3) is 0.0417. The van der Waals surface area contributed by atoms with Gasteiger partial charge >= 0.3 is 5.97 Å². The van der Waals surface area contributed by atoms with Crippen LogP contribution in [0, 0.1) is 0 Å². The third-order valence-electron chi connectivity index (χ3n) is 4.69. The Labute approximate surface area is 208 Å². The molecule has 1 saturated heterocycles. The highest BCUT2D eigenvalue weighted by molar-refractivity contribution is 8.18. The zero-order chi connectivity index (χ0) is 23.5. The predicted molar refractivity (Wildman–Crippen MR) is 131 cm³/mol. The summed E-state index contributed by atoms with van der Waals surface area (Å²) in [6.45, 7) is 0.0532. The predicted octanol–water partition coefficient (Wildman–Crippen LogP) is 7.10. The first-order valence-corrected chi connectivity index (χ1v) is 11.5. The molecule has 33 heavy (non-hydrogen) atoms. The molecule has 3 aromatic rings.